The van der Waals surface area contributed by atoms with Gasteiger partial charge >= 0.3 is 6.16 Å². The Bertz CT molecular complexity index is 609. The van der Waals surface area contributed by atoms with E-state index in [1.807, 2.05) is 36.4 Å². The third kappa shape index (κ3) is 4.51. The molecule has 0 saturated carbocycles. The van der Waals surface area contributed by atoms with Crippen molar-refractivity contribution in [1.82, 2.24) is 0 Å². The predicted octanol–water partition coefficient (Wildman–Crippen LogP) is 3.64. The van der Waals surface area contributed by atoms with Crippen molar-refractivity contribution in [3.05, 3.63) is 66.2 Å². The molecular weight excluding hydrogens is 252 g/mol. The number of hydrogen-bond donors (Lipinski definition) is 0. The molecule has 2 aromatic carbocycles. The number of carbonyl (C=O) groups excluding carboxylic acids is 1. The Morgan fingerprint density at radius 1 is 1.00 bits per heavy atom. The number of carbonyl (C=O) groups is 1. The number of para-hydroxylation sites is 1. The van der Waals surface area contributed by atoms with E-state index in [9.17, 15) is 4.79 Å². The first-order valence-corrected chi connectivity index (χ1v) is 6.24. The fourth-order valence-electron chi connectivity index (χ4n) is 1.49. The van der Waals surface area contributed by atoms with E-state index in [0.717, 1.165) is 5.56 Å². The van der Waals surface area contributed by atoms with Gasteiger partial charge in [-0.15, -0.1) is 0 Å². The number of rotatable bonds is 2. The molecule has 0 N–H and O–H groups in total. The summed E-state index contributed by atoms with van der Waals surface area (Å²) in [4.78, 5) is 11.5. The van der Waals surface area contributed by atoms with E-state index in [-0.39, 0.29) is 0 Å². The average molecular weight is 266 g/mol. The highest BCUT2D eigenvalue weighted by Gasteiger charge is 2.09. The van der Waals surface area contributed by atoms with Gasteiger partial charge in [-0.25, -0.2) is 4.79 Å². The van der Waals surface area contributed by atoms with E-state index in [0.29, 0.717) is 5.75 Å². The molecule has 0 aliphatic heterocycles. The summed E-state index contributed by atoms with van der Waals surface area (Å²) in [5, 5.41) is 0. The van der Waals surface area contributed by atoms with Crippen LogP contribution in [0.3, 0.4) is 0 Å². The van der Waals surface area contributed by atoms with Crippen LogP contribution in [-0.4, -0.2) is 12.3 Å². The van der Waals surface area contributed by atoms with Gasteiger partial charge in [0.1, 0.15) is 5.75 Å². The van der Waals surface area contributed by atoms with Gasteiger partial charge in [-0.3, -0.25) is 0 Å². The molecule has 20 heavy (non-hydrogen) atoms. The molecule has 0 spiro atoms. The maximum atomic E-state index is 11.5. The van der Waals surface area contributed by atoms with Crippen LogP contribution in [0.25, 0.3) is 0 Å². The van der Waals surface area contributed by atoms with E-state index < -0.39 is 12.3 Å². The van der Waals surface area contributed by atoms with Crippen LogP contribution in [0.5, 0.6) is 5.75 Å². The van der Waals surface area contributed by atoms with Crippen LogP contribution in [0.15, 0.2) is 60.7 Å². The average Bonchev–Trinajstić information content (AvgIpc) is 2.47. The van der Waals surface area contributed by atoms with Gasteiger partial charge in [0.2, 0.25) is 0 Å². The Kier molecular flexibility index (Phi) is 4.80. The van der Waals surface area contributed by atoms with E-state index in [4.69, 9.17) is 9.47 Å². The second-order valence-corrected chi connectivity index (χ2v) is 4.06. The Labute approximate surface area is 118 Å². The molecule has 0 aliphatic carbocycles. The van der Waals surface area contributed by atoms with Crippen molar-refractivity contribution in [1.29, 1.82) is 0 Å². The minimum absolute atomic E-state index is 0.445. The third-order valence-electron chi connectivity index (χ3n) is 2.41. The minimum atomic E-state index is -0.758. The number of hydrogen-bond acceptors (Lipinski definition) is 3. The summed E-state index contributed by atoms with van der Waals surface area (Å²) < 4.78 is 10.0. The van der Waals surface area contributed by atoms with Gasteiger partial charge in [-0.1, -0.05) is 48.2 Å². The summed E-state index contributed by atoms with van der Waals surface area (Å²) in [7, 11) is 0. The fraction of sp³-hybridized carbons (Fsp3) is 0.118. The second kappa shape index (κ2) is 7.01. The number of benzene rings is 2. The van der Waals surface area contributed by atoms with E-state index >= 15 is 0 Å². The van der Waals surface area contributed by atoms with Crippen molar-refractivity contribution in [2.45, 2.75) is 13.0 Å². The van der Waals surface area contributed by atoms with Crippen LogP contribution < -0.4 is 4.74 Å². The van der Waals surface area contributed by atoms with E-state index in [1.54, 1.807) is 31.2 Å². The van der Waals surface area contributed by atoms with E-state index in [2.05, 4.69) is 11.8 Å². The van der Waals surface area contributed by atoms with E-state index in [1.165, 1.54) is 0 Å². The lowest BCUT2D eigenvalue weighted by Crippen LogP contribution is -2.16. The molecule has 0 amide bonds. The minimum Gasteiger partial charge on any atom is -0.418 e. The first kappa shape index (κ1) is 13.7. The Morgan fingerprint density at radius 3 is 2.25 bits per heavy atom. The van der Waals surface area contributed by atoms with Crippen LogP contribution in [0.1, 0.15) is 12.5 Å². The van der Waals surface area contributed by atoms with Gasteiger partial charge in [0.15, 0.2) is 6.10 Å². The molecule has 3 nitrogen and oxygen atoms in total. The highest BCUT2D eigenvalue weighted by molar-refractivity contribution is 5.64. The smallest absolute Gasteiger partial charge is 0.418 e. The van der Waals surface area contributed by atoms with Crippen LogP contribution >= 0.6 is 0 Å². The Morgan fingerprint density at radius 2 is 1.60 bits per heavy atom. The third-order valence-corrected chi connectivity index (χ3v) is 2.41. The molecule has 0 bridgehead atoms. The Hall–Kier alpha value is -2.73. The summed E-state index contributed by atoms with van der Waals surface area (Å²) >= 11 is 0. The zero-order valence-corrected chi connectivity index (χ0v) is 11.1. The molecule has 2 rings (SSSR count). The van der Waals surface area contributed by atoms with Gasteiger partial charge in [-0.2, -0.15) is 0 Å². The molecular formula is C17H14O3. The first-order chi connectivity index (χ1) is 9.74. The predicted molar refractivity (Wildman–Crippen MR) is 76.3 cm³/mol. The molecule has 1 unspecified atom stereocenters. The first-order valence-electron chi connectivity index (χ1n) is 6.24. The lowest BCUT2D eigenvalue weighted by atomic mass is 10.2. The summed E-state index contributed by atoms with van der Waals surface area (Å²) in [6.07, 6.45) is -1.29. The summed E-state index contributed by atoms with van der Waals surface area (Å²) in [5.74, 6) is 6.22. The lowest BCUT2D eigenvalue weighted by molar-refractivity contribution is 0.0853. The van der Waals surface area contributed by atoms with Crippen molar-refractivity contribution < 1.29 is 14.3 Å². The molecule has 3 heteroatoms. The summed E-state index contributed by atoms with van der Waals surface area (Å²) in [6, 6.07) is 18.3. The lowest BCUT2D eigenvalue weighted by Gasteiger charge is -2.07. The molecule has 0 aromatic heterocycles. The standard InChI is InChI=1S/C17H14O3/c1-14(12-13-15-8-4-2-5-9-15)19-17(18)20-16-10-6-3-7-11-16/h2-11,14H,1H3. The zero-order chi connectivity index (χ0) is 14.2. The fourth-order valence-corrected chi connectivity index (χ4v) is 1.49. The Balaban J connectivity index is 1.87. The van der Waals surface area contributed by atoms with Crippen molar-refractivity contribution in [3.8, 4) is 17.6 Å². The molecule has 1 atom stereocenters. The molecule has 2 aromatic rings. The van der Waals surface area contributed by atoms with Crippen LogP contribution in [-0.2, 0) is 4.74 Å². The largest absolute Gasteiger partial charge is 0.515 e. The van der Waals surface area contributed by atoms with Crippen LogP contribution in [0, 0.1) is 11.8 Å². The van der Waals surface area contributed by atoms with Crippen molar-refractivity contribution in [2.24, 2.45) is 0 Å². The highest BCUT2D eigenvalue weighted by Crippen LogP contribution is 2.09. The molecule has 0 aliphatic rings. The maximum Gasteiger partial charge on any atom is 0.515 e. The summed E-state index contributed by atoms with van der Waals surface area (Å²) in [5.41, 5.74) is 0.874. The normalized spacial score (nSPS) is 10.8. The van der Waals surface area contributed by atoms with Crippen molar-refractivity contribution >= 4 is 6.16 Å². The van der Waals surface area contributed by atoms with Gasteiger partial charge in [0.05, 0.1) is 0 Å². The van der Waals surface area contributed by atoms with Crippen molar-refractivity contribution in [2.75, 3.05) is 0 Å². The monoisotopic (exact) mass is 266 g/mol. The maximum absolute atomic E-state index is 11.5. The van der Waals surface area contributed by atoms with Gasteiger partial charge in [-0.05, 0) is 31.2 Å². The SMILES string of the molecule is CC(C#Cc1ccccc1)OC(=O)Oc1ccccc1. The molecule has 0 fully saturated rings. The van der Waals surface area contributed by atoms with Crippen LogP contribution in [0.2, 0.25) is 0 Å². The van der Waals surface area contributed by atoms with Crippen molar-refractivity contribution in [3.63, 3.8) is 0 Å². The second-order valence-electron chi connectivity index (χ2n) is 4.06. The quantitative estimate of drug-likeness (QED) is 0.473. The summed E-state index contributed by atoms with van der Waals surface area (Å²) in [6.45, 7) is 1.70. The van der Waals surface area contributed by atoms with Gasteiger partial charge in [0.25, 0.3) is 0 Å². The molecule has 0 heterocycles. The molecule has 0 saturated heterocycles. The molecule has 0 radical (unpaired) electrons. The highest BCUT2D eigenvalue weighted by atomic mass is 16.7. The molecule has 100 valence electrons. The van der Waals surface area contributed by atoms with Gasteiger partial charge < -0.3 is 9.47 Å². The topological polar surface area (TPSA) is 35.5 Å². The van der Waals surface area contributed by atoms with Crippen LogP contribution in [0.4, 0.5) is 4.79 Å². The van der Waals surface area contributed by atoms with Gasteiger partial charge in [0, 0.05) is 5.56 Å². The number of ether oxygens (including phenoxy) is 2. The zero-order valence-electron chi connectivity index (χ0n) is 11.1.